The number of halogens is 1. The molecule has 4 nitrogen and oxygen atoms in total. The lowest BCUT2D eigenvalue weighted by atomic mass is 10.2. The molecule has 0 aliphatic rings. The van der Waals surface area contributed by atoms with Gasteiger partial charge < -0.3 is 10.1 Å². The van der Waals surface area contributed by atoms with Crippen molar-refractivity contribution in [2.75, 3.05) is 12.4 Å². The van der Waals surface area contributed by atoms with Crippen molar-refractivity contribution in [1.29, 1.82) is 0 Å². The Kier molecular flexibility index (Phi) is 4.93. The second-order valence-electron chi connectivity index (χ2n) is 3.85. The third-order valence-electron chi connectivity index (χ3n) is 2.46. The SMILES string of the molecule is COC(=O)CCc1csc(Nc2ccc(Br)cc2)n1. The van der Waals surface area contributed by atoms with E-state index in [0.29, 0.717) is 12.8 Å². The van der Waals surface area contributed by atoms with Crippen LogP contribution in [0.2, 0.25) is 0 Å². The summed E-state index contributed by atoms with van der Waals surface area (Å²) in [7, 11) is 1.39. The third-order valence-corrected chi connectivity index (χ3v) is 3.80. The number of nitrogens with zero attached hydrogens (tertiary/aromatic N) is 1. The summed E-state index contributed by atoms with van der Waals surface area (Å²) in [6.07, 6.45) is 0.961. The summed E-state index contributed by atoms with van der Waals surface area (Å²) in [6, 6.07) is 7.88. The minimum Gasteiger partial charge on any atom is -0.469 e. The molecule has 2 rings (SSSR count). The molecule has 0 saturated heterocycles. The van der Waals surface area contributed by atoms with Gasteiger partial charge in [0.25, 0.3) is 0 Å². The van der Waals surface area contributed by atoms with Crippen LogP contribution in [0.1, 0.15) is 12.1 Å². The van der Waals surface area contributed by atoms with Crippen molar-refractivity contribution >= 4 is 44.1 Å². The number of carbonyl (C=O) groups is 1. The Balaban J connectivity index is 1.93. The molecule has 0 aliphatic heterocycles. The van der Waals surface area contributed by atoms with E-state index < -0.39 is 0 Å². The topological polar surface area (TPSA) is 51.2 Å². The maximum atomic E-state index is 11.0. The van der Waals surface area contributed by atoms with Gasteiger partial charge in [-0.05, 0) is 24.3 Å². The van der Waals surface area contributed by atoms with Gasteiger partial charge in [-0.2, -0.15) is 0 Å². The van der Waals surface area contributed by atoms with Crippen molar-refractivity contribution < 1.29 is 9.53 Å². The molecule has 1 aromatic heterocycles. The number of esters is 1. The Bertz CT molecular complexity index is 554. The van der Waals surface area contributed by atoms with Crippen LogP contribution in [0.25, 0.3) is 0 Å². The molecule has 0 spiro atoms. The monoisotopic (exact) mass is 340 g/mol. The Morgan fingerprint density at radius 1 is 1.42 bits per heavy atom. The molecule has 0 saturated carbocycles. The lowest BCUT2D eigenvalue weighted by Crippen LogP contribution is -2.02. The quantitative estimate of drug-likeness (QED) is 0.842. The molecular formula is C13H13BrN2O2S. The first-order valence-electron chi connectivity index (χ1n) is 5.71. The molecule has 0 amide bonds. The zero-order valence-electron chi connectivity index (χ0n) is 10.4. The number of aryl methyl sites for hydroxylation is 1. The Hall–Kier alpha value is -1.40. The second kappa shape index (κ2) is 6.68. The highest BCUT2D eigenvalue weighted by Crippen LogP contribution is 2.22. The highest BCUT2D eigenvalue weighted by Gasteiger charge is 2.06. The number of rotatable bonds is 5. The number of methoxy groups -OCH3 is 1. The minimum atomic E-state index is -0.213. The van der Waals surface area contributed by atoms with Gasteiger partial charge in [0, 0.05) is 22.0 Å². The summed E-state index contributed by atoms with van der Waals surface area (Å²) < 4.78 is 5.64. The standard InChI is InChI=1S/C13H13BrN2O2S/c1-18-12(17)7-6-11-8-19-13(16-11)15-10-4-2-9(14)3-5-10/h2-5,8H,6-7H2,1H3,(H,15,16). The van der Waals surface area contributed by atoms with Crippen LogP contribution in [0.15, 0.2) is 34.1 Å². The van der Waals surface area contributed by atoms with E-state index in [-0.39, 0.29) is 5.97 Å². The van der Waals surface area contributed by atoms with E-state index in [1.54, 1.807) is 0 Å². The van der Waals surface area contributed by atoms with Gasteiger partial charge >= 0.3 is 5.97 Å². The molecule has 0 atom stereocenters. The Morgan fingerprint density at radius 2 is 2.16 bits per heavy atom. The number of anilines is 2. The summed E-state index contributed by atoms with van der Waals surface area (Å²) in [6.45, 7) is 0. The van der Waals surface area contributed by atoms with Crippen LogP contribution in [-0.4, -0.2) is 18.1 Å². The smallest absolute Gasteiger partial charge is 0.305 e. The van der Waals surface area contributed by atoms with Crippen molar-refractivity contribution in [1.82, 2.24) is 4.98 Å². The summed E-state index contributed by atoms with van der Waals surface area (Å²) in [5, 5.41) is 5.99. The van der Waals surface area contributed by atoms with E-state index in [2.05, 4.69) is 31.0 Å². The van der Waals surface area contributed by atoms with Gasteiger partial charge in [0.15, 0.2) is 5.13 Å². The predicted octanol–water partition coefficient (Wildman–Crippen LogP) is 3.75. The van der Waals surface area contributed by atoms with Crippen molar-refractivity contribution in [3.05, 3.63) is 39.8 Å². The number of hydrogen-bond donors (Lipinski definition) is 1. The maximum Gasteiger partial charge on any atom is 0.305 e. The summed E-state index contributed by atoms with van der Waals surface area (Å²) in [5.74, 6) is -0.213. The van der Waals surface area contributed by atoms with Gasteiger partial charge in [0.05, 0.1) is 19.2 Å². The molecule has 6 heteroatoms. The fraction of sp³-hybridized carbons (Fsp3) is 0.231. The number of benzene rings is 1. The lowest BCUT2D eigenvalue weighted by molar-refractivity contribution is -0.140. The summed E-state index contributed by atoms with van der Waals surface area (Å²) in [4.78, 5) is 15.5. The van der Waals surface area contributed by atoms with E-state index >= 15 is 0 Å². The average Bonchev–Trinajstić information content (AvgIpc) is 2.86. The highest BCUT2D eigenvalue weighted by atomic mass is 79.9. The zero-order chi connectivity index (χ0) is 13.7. The number of carbonyl (C=O) groups excluding carboxylic acids is 1. The first-order valence-corrected chi connectivity index (χ1v) is 7.38. The van der Waals surface area contributed by atoms with Gasteiger partial charge in [0.2, 0.25) is 0 Å². The molecule has 2 aromatic rings. The van der Waals surface area contributed by atoms with Crippen LogP contribution in [0, 0.1) is 0 Å². The molecule has 1 N–H and O–H groups in total. The van der Waals surface area contributed by atoms with Crippen molar-refractivity contribution in [3.8, 4) is 0 Å². The van der Waals surface area contributed by atoms with E-state index in [1.807, 2.05) is 29.6 Å². The average molecular weight is 341 g/mol. The van der Waals surface area contributed by atoms with E-state index in [0.717, 1.165) is 21.0 Å². The van der Waals surface area contributed by atoms with Crippen LogP contribution in [-0.2, 0) is 16.0 Å². The molecule has 0 fully saturated rings. The molecule has 0 radical (unpaired) electrons. The van der Waals surface area contributed by atoms with Gasteiger partial charge in [-0.1, -0.05) is 15.9 Å². The van der Waals surface area contributed by atoms with Crippen LogP contribution in [0.5, 0.6) is 0 Å². The number of nitrogens with one attached hydrogen (secondary N) is 1. The lowest BCUT2D eigenvalue weighted by Gasteiger charge is -2.01. The van der Waals surface area contributed by atoms with E-state index in [4.69, 9.17) is 0 Å². The first kappa shape index (κ1) is 14.0. The van der Waals surface area contributed by atoms with Crippen molar-refractivity contribution in [2.45, 2.75) is 12.8 Å². The van der Waals surface area contributed by atoms with Crippen molar-refractivity contribution in [2.24, 2.45) is 0 Å². The molecular weight excluding hydrogens is 328 g/mol. The molecule has 19 heavy (non-hydrogen) atoms. The molecule has 0 unspecified atom stereocenters. The van der Waals surface area contributed by atoms with Gasteiger partial charge in [-0.25, -0.2) is 4.98 Å². The normalized spacial score (nSPS) is 10.2. The molecule has 1 heterocycles. The molecule has 1 aromatic carbocycles. The van der Waals surface area contributed by atoms with E-state index in [1.165, 1.54) is 18.4 Å². The molecule has 0 aliphatic carbocycles. The van der Waals surface area contributed by atoms with Crippen LogP contribution in [0.3, 0.4) is 0 Å². The van der Waals surface area contributed by atoms with E-state index in [9.17, 15) is 4.79 Å². The molecule has 0 bridgehead atoms. The van der Waals surface area contributed by atoms with Gasteiger partial charge in [0.1, 0.15) is 0 Å². The zero-order valence-corrected chi connectivity index (χ0v) is 12.8. The minimum absolute atomic E-state index is 0.213. The second-order valence-corrected chi connectivity index (χ2v) is 5.63. The first-order chi connectivity index (χ1) is 9.17. The van der Waals surface area contributed by atoms with Crippen LogP contribution in [0.4, 0.5) is 10.8 Å². The number of hydrogen-bond acceptors (Lipinski definition) is 5. The number of thiazole rings is 1. The van der Waals surface area contributed by atoms with Gasteiger partial charge in [-0.15, -0.1) is 11.3 Å². The maximum absolute atomic E-state index is 11.0. The Morgan fingerprint density at radius 3 is 2.84 bits per heavy atom. The highest BCUT2D eigenvalue weighted by molar-refractivity contribution is 9.10. The summed E-state index contributed by atoms with van der Waals surface area (Å²) in [5.41, 5.74) is 1.88. The predicted molar refractivity (Wildman–Crippen MR) is 79.9 cm³/mol. The number of ether oxygens (including phenoxy) is 1. The fourth-order valence-electron chi connectivity index (χ4n) is 1.47. The molecule has 100 valence electrons. The van der Waals surface area contributed by atoms with Crippen molar-refractivity contribution in [3.63, 3.8) is 0 Å². The Labute approximate surface area is 124 Å². The number of aromatic nitrogens is 1. The largest absolute Gasteiger partial charge is 0.469 e. The van der Waals surface area contributed by atoms with Crippen LogP contribution < -0.4 is 5.32 Å². The third kappa shape index (κ3) is 4.33. The van der Waals surface area contributed by atoms with Gasteiger partial charge in [-0.3, -0.25) is 4.79 Å². The fourth-order valence-corrected chi connectivity index (χ4v) is 2.50. The summed E-state index contributed by atoms with van der Waals surface area (Å²) >= 11 is 4.91. The van der Waals surface area contributed by atoms with Crippen LogP contribution >= 0.6 is 27.3 Å².